The summed E-state index contributed by atoms with van der Waals surface area (Å²) >= 11 is 2.77. The summed E-state index contributed by atoms with van der Waals surface area (Å²) in [5, 5.41) is 12.8. The van der Waals surface area contributed by atoms with Crippen molar-refractivity contribution in [2.45, 2.75) is 11.0 Å². The first-order valence-corrected chi connectivity index (χ1v) is 6.83. The van der Waals surface area contributed by atoms with Gasteiger partial charge in [0.2, 0.25) is 0 Å². The summed E-state index contributed by atoms with van der Waals surface area (Å²) in [6.07, 6.45) is 1.76. The lowest BCUT2D eigenvalue weighted by Gasteiger charge is -2.23. The van der Waals surface area contributed by atoms with Crippen molar-refractivity contribution in [3.8, 4) is 0 Å². The van der Waals surface area contributed by atoms with Gasteiger partial charge < -0.3 is 5.11 Å². The monoisotopic (exact) mass is 268 g/mol. The smallest absolute Gasteiger partial charge is 0.313 e. The quantitative estimate of drug-likeness (QED) is 0.820. The second-order valence-electron chi connectivity index (χ2n) is 3.67. The van der Waals surface area contributed by atoms with Crippen LogP contribution in [0.4, 0.5) is 0 Å². The molecule has 4 nitrogen and oxygen atoms in total. The fourth-order valence-corrected chi connectivity index (χ4v) is 3.36. The van der Waals surface area contributed by atoms with Crippen molar-refractivity contribution in [1.82, 2.24) is 4.83 Å². The Morgan fingerprint density at radius 3 is 2.76 bits per heavy atom. The Morgan fingerprint density at radius 1 is 1.53 bits per heavy atom. The maximum Gasteiger partial charge on any atom is 0.313 e. The molecule has 0 aromatic heterocycles. The average molecular weight is 268 g/mol. The van der Waals surface area contributed by atoms with E-state index < -0.39 is 10.0 Å². The highest BCUT2D eigenvalue weighted by Crippen LogP contribution is 2.45. The second kappa shape index (κ2) is 5.01. The van der Waals surface area contributed by atoms with E-state index in [9.17, 15) is 4.79 Å². The van der Waals surface area contributed by atoms with Gasteiger partial charge in [0.1, 0.15) is 4.08 Å². The van der Waals surface area contributed by atoms with Crippen LogP contribution in [0.5, 0.6) is 0 Å². The fourth-order valence-electron chi connectivity index (χ4n) is 1.47. The van der Waals surface area contributed by atoms with Crippen LogP contribution in [0.2, 0.25) is 0 Å². The number of carboxylic acid groups (broad SMARTS) is 1. The third-order valence-electron chi connectivity index (χ3n) is 2.35. The number of aliphatic carboxylic acids is 1. The number of rotatable bonds is 4. The molecule has 90 valence electrons. The first-order chi connectivity index (χ1) is 8.12. The standard InChI is InChI=1S/C11H12N2O2S2/c1-8-2-4-9(5-3-8)11(7-12-13-17-11)16-6-10(14)15/h2-5,7,13H,6H2,1H3,(H,14,15). The maximum absolute atomic E-state index is 10.7. The molecule has 2 rings (SSSR count). The number of aryl methyl sites for hydroxylation is 1. The van der Waals surface area contributed by atoms with E-state index in [1.807, 2.05) is 31.2 Å². The van der Waals surface area contributed by atoms with Gasteiger partial charge in [-0.15, -0.1) is 11.8 Å². The summed E-state index contributed by atoms with van der Waals surface area (Å²) < 4.78 is -0.438. The normalized spacial score (nSPS) is 22.4. The van der Waals surface area contributed by atoms with Gasteiger partial charge in [0, 0.05) is 0 Å². The Hall–Kier alpha value is -1.14. The van der Waals surface area contributed by atoms with Gasteiger partial charge in [-0.25, -0.2) is 0 Å². The zero-order chi connectivity index (χ0) is 12.3. The highest BCUT2D eigenvalue weighted by atomic mass is 32.2. The molecule has 17 heavy (non-hydrogen) atoms. The number of nitrogens with one attached hydrogen (secondary N) is 1. The lowest BCUT2D eigenvalue weighted by molar-refractivity contribution is -0.133. The number of thioether (sulfide) groups is 1. The molecule has 0 aliphatic carbocycles. The number of hydrazone groups is 1. The second-order valence-corrected chi connectivity index (χ2v) is 6.18. The van der Waals surface area contributed by atoms with Crippen LogP contribution in [-0.4, -0.2) is 23.0 Å². The SMILES string of the molecule is Cc1ccc(C2(SCC(=O)O)C=NNS2)cc1. The summed E-state index contributed by atoms with van der Waals surface area (Å²) in [5.74, 6) is -0.767. The van der Waals surface area contributed by atoms with Gasteiger partial charge in [0.25, 0.3) is 0 Å². The average Bonchev–Trinajstić information content (AvgIpc) is 2.77. The van der Waals surface area contributed by atoms with E-state index in [1.165, 1.54) is 29.3 Å². The minimum Gasteiger partial charge on any atom is -0.481 e. The van der Waals surface area contributed by atoms with Gasteiger partial charge in [-0.2, -0.15) is 5.10 Å². The Kier molecular flexibility index (Phi) is 3.63. The maximum atomic E-state index is 10.7. The minimum absolute atomic E-state index is 0.0502. The van der Waals surface area contributed by atoms with E-state index in [0.29, 0.717) is 0 Å². The van der Waals surface area contributed by atoms with Gasteiger partial charge in [-0.05, 0) is 24.4 Å². The van der Waals surface area contributed by atoms with Crippen LogP contribution >= 0.6 is 23.7 Å². The highest BCUT2D eigenvalue weighted by molar-refractivity contribution is 8.18. The molecule has 0 saturated heterocycles. The summed E-state index contributed by atoms with van der Waals surface area (Å²) in [5.41, 5.74) is 2.23. The van der Waals surface area contributed by atoms with Gasteiger partial charge >= 0.3 is 5.97 Å². The molecule has 6 heteroatoms. The molecule has 1 unspecified atom stereocenters. The van der Waals surface area contributed by atoms with Crippen LogP contribution in [0.3, 0.4) is 0 Å². The third kappa shape index (κ3) is 2.76. The largest absolute Gasteiger partial charge is 0.481 e. The van der Waals surface area contributed by atoms with Crippen molar-refractivity contribution in [2.75, 3.05) is 5.75 Å². The summed E-state index contributed by atoms with van der Waals surface area (Å²) in [4.78, 5) is 13.5. The molecule has 1 aromatic carbocycles. The summed E-state index contributed by atoms with van der Waals surface area (Å²) in [6, 6.07) is 8.06. The van der Waals surface area contributed by atoms with E-state index in [0.717, 1.165) is 5.56 Å². The van der Waals surface area contributed by atoms with Gasteiger partial charge in [0.05, 0.1) is 12.0 Å². The van der Waals surface area contributed by atoms with Crippen molar-refractivity contribution in [1.29, 1.82) is 0 Å². The molecule has 1 aromatic rings. The van der Waals surface area contributed by atoms with Gasteiger partial charge in [-0.3, -0.25) is 9.63 Å². The van der Waals surface area contributed by atoms with Crippen LogP contribution < -0.4 is 4.83 Å². The zero-order valence-corrected chi connectivity index (χ0v) is 10.8. The molecule has 0 radical (unpaired) electrons. The molecular weight excluding hydrogens is 256 g/mol. The number of nitrogens with zero attached hydrogens (tertiary/aromatic N) is 1. The Morgan fingerprint density at radius 2 is 2.24 bits per heavy atom. The van der Waals surface area contributed by atoms with E-state index in [1.54, 1.807) is 6.21 Å². The minimum atomic E-state index is -0.817. The molecular formula is C11H12N2O2S2. The predicted octanol–water partition coefficient (Wildman–Crippen LogP) is 2.20. The molecule has 1 aliphatic heterocycles. The molecule has 2 N–H and O–H groups in total. The van der Waals surface area contributed by atoms with E-state index in [2.05, 4.69) is 9.93 Å². The van der Waals surface area contributed by atoms with Crippen LogP contribution in [0.1, 0.15) is 11.1 Å². The molecule has 1 atom stereocenters. The molecule has 0 fully saturated rings. The number of benzene rings is 1. The van der Waals surface area contributed by atoms with E-state index in [4.69, 9.17) is 5.11 Å². The molecule has 1 aliphatic rings. The van der Waals surface area contributed by atoms with E-state index in [-0.39, 0.29) is 5.75 Å². The van der Waals surface area contributed by atoms with Gasteiger partial charge in [-0.1, -0.05) is 29.8 Å². The summed E-state index contributed by atoms with van der Waals surface area (Å²) in [6.45, 7) is 2.02. The molecule has 0 saturated carbocycles. The topological polar surface area (TPSA) is 61.7 Å². The molecule has 0 amide bonds. The Bertz CT molecular complexity index is 447. The number of carboxylic acids is 1. The number of hydrogen-bond donors (Lipinski definition) is 2. The van der Waals surface area contributed by atoms with Crippen LogP contribution in [-0.2, 0) is 8.87 Å². The highest BCUT2D eigenvalue weighted by Gasteiger charge is 2.36. The van der Waals surface area contributed by atoms with Crippen LogP contribution in [0.25, 0.3) is 0 Å². The lowest BCUT2D eigenvalue weighted by Crippen LogP contribution is -2.20. The number of hydrogen-bond acceptors (Lipinski definition) is 5. The van der Waals surface area contributed by atoms with E-state index >= 15 is 0 Å². The molecule has 0 spiro atoms. The molecule has 0 bridgehead atoms. The zero-order valence-electron chi connectivity index (χ0n) is 9.21. The van der Waals surface area contributed by atoms with Crippen LogP contribution in [0, 0.1) is 6.92 Å². The Balaban J connectivity index is 2.25. The first-order valence-electron chi connectivity index (χ1n) is 5.02. The third-order valence-corrected chi connectivity index (χ3v) is 4.95. The van der Waals surface area contributed by atoms with Crippen molar-refractivity contribution in [2.24, 2.45) is 5.10 Å². The van der Waals surface area contributed by atoms with Crippen molar-refractivity contribution in [3.05, 3.63) is 35.4 Å². The Labute approximate surface area is 108 Å². The van der Waals surface area contributed by atoms with Crippen molar-refractivity contribution in [3.63, 3.8) is 0 Å². The van der Waals surface area contributed by atoms with Crippen molar-refractivity contribution >= 4 is 35.9 Å². The van der Waals surface area contributed by atoms with Crippen LogP contribution in [0.15, 0.2) is 29.4 Å². The fraction of sp³-hybridized carbons (Fsp3) is 0.273. The molecule has 1 heterocycles. The van der Waals surface area contributed by atoms with Gasteiger partial charge in [0.15, 0.2) is 0 Å². The summed E-state index contributed by atoms with van der Waals surface area (Å²) in [7, 11) is 0. The van der Waals surface area contributed by atoms with Crippen molar-refractivity contribution < 1.29 is 9.90 Å². The lowest BCUT2D eigenvalue weighted by atomic mass is 10.1. The number of carbonyl (C=O) groups is 1. The predicted molar refractivity (Wildman–Crippen MR) is 72.2 cm³/mol. The first kappa shape index (κ1) is 12.3.